The predicted octanol–water partition coefficient (Wildman–Crippen LogP) is 5.68. The molecular weight excluding hydrogens is 483 g/mol. The molecule has 9 nitrogen and oxygen atoms in total. The van der Waals surface area contributed by atoms with Gasteiger partial charge < -0.3 is 15.2 Å². The number of hydrogen-bond donors (Lipinski definition) is 3. The van der Waals surface area contributed by atoms with E-state index >= 15 is 4.39 Å². The molecule has 0 spiro atoms. The van der Waals surface area contributed by atoms with E-state index in [9.17, 15) is 4.79 Å². The van der Waals surface area contributed by atoms with Gasteiger partial charge in [-0.1, -0.05) is 20.8 Å². The minimum Gasteiger partial charge on any atom is -0.370 e. The van der Waals surface area contributed by atoms with E-state index in [4.69, 9.17) is 4.98 Å². The second-order valence-electron chi connectivity index (χ2n) is 10.8. The Morgan fingerprint density at radius 3 is 2.68 bits per heavy atom. The van der Waals surface area contributed by atoms with E-state index < -0.39 is 11.2 Å². The van der Waals surface area contributed by atoms with Gasteiger partial charge in [0.25, 0.3) is 0 Å². The van der Waals surface area contributed by atoms with Crippen molar-refractivity contribution in [3.63, 3.8) is 0 Å². The molecule has 0 saturated carbocycles. The number of amides is 1. The standard InChI is InChI=1S/C28H29FN8O/c1-28(2,3)27(38)32-18-11-17(14-30-15-18)16-12-19-22(20(29)13-16)35-36-23(19)26-33-24-21(7-8-31-25(24)34-26)37-9-5-4-6-10-37/h7-8,11-15H,4-6,9-10H2,1-3H3,(H,32,38)(H,35,36)(H,31,33,34). The van der Waals surface area contributed by atoms with Crippen molar-refractivity contribution in [2.45, 2.75) is 40.0 Å². The summed E-state index contributed by atoms with van der Waals surface area (Å²) in [6.45, 7) is 7.52. The minimum atomic E-state index is -0.554. The molecule has 0 bridgehead atoms. The fourth-order valence-corrected chi connectivity index (χ4v) is 4.82. The zero-order valence-electron chi connectivity index (χ0n) is 21.6. The summed E-state index contributed by atoms with van der Waals surface area (Å²) >= 11 is 0. The summed E-state index contributed by atoms with van der Waals surface area (Å²) in [6, 6.07) is 7.08. The van der Waals surface area contributed by atoms with Crippen LogP contribution >= 0.6 is 0 Å². The molecule has 1 fully saturated rings. The Bertz CT molecular complexity index is 1660. The van der Waals surface area contributed by atoms with Gasteiger partial charge in [0.15, 0.2) is 17.3 Å². The van der Waals surface area contributed by atoms with Gasteiger partial charge in [0.2, 0.25) is 5.91 Å². The highest BCUT2D eigenvalue weighted by Gasteiger charge is 2.22. The number of piperidine rings is 1. The summed E-state index contributed by atoms with van der Waals surface area (Å²) < 4.78 is 15.2. The largest absolute Gasteiger partial charge is 0.370 e. The molecule has 194 valence electrons. The lowest BCUT2D eigenvalue weighted by molar-refractivity contribution is -0.123. The van der Waals surface area contributed by atoms with Crippen molar-refractivity contribution in [3.05, 3.63) is 48.7 Å². The number of H-pyrrole nitrogens is 2. The molecule has 38 heavy (non-hydrogen) atoms. The summed E-state index contributed by atoms with van der Waals surface area (Å²) in [4.78, 5) is 31.7. The third-order valence-corrected chi connectivity index (χ3v) is 6.93. The van der Waals surface area contributed by atoms with Gasteiger partial charge in [-0.3, -0.25) is 14.9 Å². The number of nitrogens with one attached hydrogen (secondary N) is 3. The smallest absolute Gasteiger partial charge is 0.229 e. The predicted molar refractivity (Wildman–Crippen MR) is 146 cm³/mol. The van der Waals surface area contributed by atoms with Crippen molar-refractivity contribution in [2.24, 2.45) is 5.41 Å². The molecule has 1 amide bonds. The Labute approximate surface area is 218 Å². The van der Waals surface area contributed by atoms with Crippen LogP contribution in [0.25, 0.3) is 44.7 Å². The van der Waals surface area contributed by atoms with Crippen LogP contribution in [0.15, 0.2) is 42.9 Å². The number of aromatic amines is 2. The molecule has 5 heterocycles. The Hall–Kier alpha value is -4.34. The van der Waals surface area contributed by atoms with Crippen molar-refractivity contribution in [3.8, 4) is 22.6 Å². The average molecular weight is 513 g/mol. The molecule has 0 radical (unpaired) electrons. The maximum atomic E-state index is 15.2. The molecule has 3 N–H and O–H groups in total. The van der Waals surface area contributed by atoms with E-state index in [0.717, 1.165) is 37.1 Å². The van der Waals surface area contributed by atoms with Crippen LogP contribution in [0.1, 0.15) is 40.0 Å². The number of rotatable bonds is 4. The number of benzene rings is 1. The van der Waals surface area contributed by atoms with Gasteiger partial charge in [0.05, 0.1) is 17.6 Å². The van der Waals surface area contributed by atoms with Crippen LogP contribution in [-0.4, -0.2) is 49.1 Å². The van der Waals surface area contributed by atoms with Gasteiger partial charge in [-0.2, -0.15) is 5.10 Å². The van der Waals surface area contributed by atoms with Crippen LogP contribution in [0, 0.1) is 11.2 Å². The van der Waals surface area contributed by atoms with Crippen molar-refractivity contribution in [2.75, 3.05) is 23.3 Å². The lowest BCUT2D eigenvalue weighted by atomic mass is 9.95. The van der Waals surface area contributed by atoms with Gasteiger partial charge in [0.1, 0.15) is 16.7 Å². The Morgan fingerprint density at radius 2 is 1.89 bits per heavy atom. The molecule has 5 aromatic rings. The zero-order chi connectivity index (χ0) is 26.4. The Morgan fingerprint density at radius 1 is 1.08 bits per heavy atom. The molecule has 1 saturated heterocycles. The van der Waals surface area contributed by atoms with E-state index in [1.54, 1.807) is 24.7 Å². The lowest BCUT2D eigenvalue weighted by Gasteiger charge is -2.28. The first kappa shape index (κ1) is 24.0. The van der Waals surface area contributed by atoms with Crippen LogP contribution in [0.5, 0.6) is 0 Å². The zero-order valence-corrected chi connectivity index (χ0v) is 21.6. The van der Waals surface area contributed by atoms with Crippen molar-refractivity contribution >= 4 is 39.3 Å². The fourth-order valence-electron chi connectivity index (χ4n) is 4.82. The minimum absolute atomic E-state index is 0.127. The number of hydrogen-bond acceptors (Lipinski definition) is 6. The topological polar surface area (TPSA) is 115 Å². The number of fused-ring (bicyclic) bond motifs is 2. The van der Waals surface area contributed by atoms with Crippen LogP contribution in [-0.2, 0) is 4.79 Å². The number of carbonyl (C=O) groups excluding carboxylic acids is 1. The van der Waals surface area contributed by atoms with Crippen LogP contribution in [0.3, 0.4) is 0 Å². The van der Waals surface area contributed by atoms with Crippen molar-refractivity contribution < 1.29 is 9.18 Å². The maximum Gasteiger partial charge on any atom is 0.229 e. The Kier molecular flexibility index (Phi) is 5.81. The number of pyridine rings is 2. The molecule has 1 aliphatic heterocycles. The quantitative estimate of drug-likeness (QED) is 0.285. The van der Waals surface area contributed by atoms with Gasteiger partial charge in [-0.15, -0.1) is 0 Å². The summed E-state index contributed by atoms with van der Waals surface area (Å²) in [5, 5.41) is 10.7. The summed E-state index contributed by atoms with van der Waals surface area (Å²) in [5.41, 5.74) is 4.61. The molecule has 0 atom stereocenters. The van der Waals surface area contributed by atoms with E-state index in [-0.39, 0.29) is 11.4 Å². The fraction of sp³-hybridized carbons (Fsp3) is 0.321. The van der Waals surface area contributed by atoms with E-state index in [2.05, 4.69) is 35.4 Å². The van der Waals surface area contributed by atoms with Gasteiger partial charge in [-0.05, 0) is 49.1 Å². The van der Waals surface area contributed by atoms with Crippen LogP contribution < -0.4 is 10.2 Å². The highest BCUT2D eigenvalue weighted by molar-refractivity contribution is 5.98. The highest BCUT2D eigenvalue weighted by Crippen LogP contribution is 2.34. The van der Waals surface area contributed by atoms with Gasteiger partial charge in [-0.25, -0.2) is 14.4 Å². The number of halogens is 1. The van der Waals surface area contributed by atoms with Crippen LogP contribution in [0.2, 0.25) is 0 Å². The van der Waals surface area contributed by atoms with E-state index in [1.165, 1.54) is 12.5 Å². The molecular formula is C28H29FN8O. The number of imidazole rings is 1. The lowest BCUT2D eigenvalue weighted by Crippen LogP contribution is -2.29. The first-order valence-corrected chi connectivity index (χ1v) is 12.8. The normalized spacial score (nSPS) is 14.4. The molecule has 1 aliphatic rings. The molecule has 10 heteroatoms. The van der Waals surface area contributed by atoms with E-state index in [1.807, 2.05) is 32.9 Å². The third kappa shape index (κ3) is 4.36. The maximum absolute atomic E-state index is 15.2. The first-order valence-electron chi connectivity index (χ1n) is 12.8. The van der Waals surface area contributed by atoms with Crippen molar-refractivity contribution in [1.29, 1.82) is 0 Å². The number of aromatic nitrogens is 6. The molecule has 0 aliphatic carbocycles. The molecule has 6 rings (SSSR count). The first-order chi connectivity index (χ1) is 18.3. The molecule has 1 aromatic carbocycles. The van der Waals surface area contributed by atoms with Crippen molar-refractivity contribution in [1.82, 2.24) is 30.1 Å². The molecule has 0 unspecified atom stereocenters. The average Bonchev–Trinajstić information content (AvgIpc) is 3.53. The third-order valence-electron chi connectivity index (χ3n) is 6.93. The molecule has 4 aromatic heterocycles. The highest BCUT2D eigenvalue weighted by atomic mass is 19.1. The SMILES string of the molecule is CC(C)(C)C(=O)Nc1cncc(-c2cc(F)c3n[nH]c(-c4nc5nccc(N6CCCCC6)c5[nH]4)c3c2)c1. The Balaban J connectivity index is 1.40. The van der Waals surface area contributed by atoms with E-state index in [0.29, 0.717) is 39.4 Å². The second-order valence-corrected chi connectivity index (χ2v) is 10.8. The summed E-state index contributed by atoms with van der Waals surface area (Å²) in [7, 11) is 0. The monoisotopic (exact) mass is 512 g/mol. The summed E-state index contributed by atoms with van der Waals surface area (Å²) in [5.74, 6) is -0.0506. The number of carbonyl (C=O) groups is 1. The second kappa shape index (κ2) is 9.20. The van der Waals surface area contributed by atoms with Gasteiger partial charge >= 0.3 is 0 Å². The summed E-state index contributed by atoms with van der Waals surface area (Å²) in [6.07, 6.45) is 8.56. The van der Waals surface area contributed by atoms with Gasteiger partial charge in [0, 0.05) is 41.8 Å². The van der Waals surface area contributed by atoms with Crippen LogP contribution in [0.4, 0.5) is 15.8 Å². The number of nitrogens with zero attached hydrogens (tertiary/aromatic N) is 5. The number of anilines is 2.